The highest BCUT2D eigenvalue weighted by Gasteiger charge is 2.13. The summed E-state index contributed by atoms with van der Waals surface area (Å²) < 4.78 is 5.44. The maximum Gasteiger partial charge on any atom is 0.241 e. The average molecular weight is 390 g/mol. The normalized spacial score (nSPS) is 15.5. The van der Waals surface area contributed by atoms with E-state index < -0.39 is 0 Å². The number of hydrogen-bond donors (Lipinski definition) is 2. The zero-order chi connectivity index (χ0) is 20.4. The van der Waals surface area contributed by atoms with Gasteiger partial charge in [0.05, 0.1) is 26.3 Å². The van der Waals surface area contributed by atoms with Crippen molar-refractivity contribution >= 4 is 11.9 Å². The highest BCUT2D eigenvalue weighted by molar-refractivity contribution is 5.86. The summed E-state index contributed by atoms with van der Waals surface area (Å²) >= 11 is 0. The molecule has 156 valence electrons. The van der Waals surface area contributed by atoms with Crippen molar-refractivity contribution in [2.24, 2.45) is 10.9 Å². The number of benzene rings is 1. The molecule has 2 rings (SSSR count). The Morgan fingerprint density at radius 3 is 2.50 bits per heavy atom. The van der Waals surface area contributed by atoms with Gasteiger partial charge in [0.2, 0.25) is 5.91 Å². The Bertz CT molecular complexity index is 639. The van der Waals surface area contributed by atoms with Gasteiger partial charge in [-0.05, 0) is 17.0 Å². The first-order valence-corrected chi connectivity index (χ1v) is 10.0. The first-order chi connectivity index (χ1) is 13.5. The van der Waals surface area contributed by atoms with Crippen molar-refractivity contribution in [2.45, 2.75) is 26.9 Å². The van der Waals surface area contributed by atoms with Crippen molar-refractivity contribution < 1.29 is 9.53 Å². The lowest BCUT2D eigenvalue weighted by Crippen LogP contribution is -2.44. The average Bonchev–Trinajstić information content (AvgIpc) is 2.68. The lowest BCUT2D eigenvalue weighted by Gasteiger charge is -2.27. The topological polar surface area (TPSA) is 69.2 Å². The van der Waals surface area contributed by atoms with Crippen LogP contribution >= 0.6 is 0 Å². The monoisotopic (exact) mass is 389 g/mol. The number of carbonyl (C=O) groups is 1. The van der Waals surface area contributed by atoms with Crippen molar-refractivity contribution in [2.75, 3.05) is 53.5 Å². The molecule has 1 aliphatic heterocycles. The van der Waals surface area contributed by atoms with Gasteiger partial charge in [0.1, 0.15) is 0 Å². The number of hydrogen-bond acceptors (Lipinski definition) is 4. The highest BCUT2D eigenvalue weighted by atomic mass is 16.5. The second-order valence-corrected chi connectivity index (χ2v) is 7.74. The first kappa shape index (κ1) is 22.2. The molecule has 0 aromatic heterocycles. The summed E-state index contributed by atoms with van der Waals surface area (Å²) in [5, 5.41) is 6.47. The number of likely N-dealkylation sites (N-methyl/N-ethyl adjacent to an activating group) is 1. The van der Waals surface area contributed by atoms with Crippen molar-refractivity contribution in [1.29, 1.82) is 0 Å². The number of amides is 1. The van der Waals surface area contributed by atoms with Crippen molar-refractivity contribution in [3.05, 3.63) is 35.4 Å². The van der Waals surface area contributed by atoms with Crippen LogP contribution in [-0.2, 0) is 22.6 Å². The Hall–Kier alpha value is -2.12. The van der Waals surface area contributed by atoms with Crippen LogP contribution in [0.5, 0.6) is 0 Å². The molecule has 1 aromatic rings. The predicted molar refractivity (Wildman–Crippen MR) is 113 cm³/mol. The van der Waals surface area contributed by atoms with E-state index in [1.54, 1.807) is 19.0 Å². The van der Waals surface area contributed by atoms with Crippen LogP contribution in [0.1, 0.15) is 25.0 Å². The van der Waals surface area contributed by atoms with E-state index >= 15 is 0 Å². The van der Waals surface area contributed by atoms with E-state index in [1.807, 2.05) is 0 Å². The SMILES string of the molecule is CC(C)CNC(=NCc1ccccc1CN1CCOCC1)NCC(=O)N(C)C. The largest absolute Gasteiger partial charge is 0.379 e. The third-order valence-electron chi connectivity index (χ3n) is 4.61. The number of carbonyl (C=O) groups excluding carboxylic acids is 1. The van der Waals surface area contributed by atoms with Crippen LogP contribution in [0.15, 0.2) is 29.3 Å². The number of rotatable bonds is 8. The second kappa shape index (κ2) is 11.7. The van der Waals surface area contributed by atoms with E-state index in [0.717, 1.165) is 39.4 Å². The van der Waals surface area contributed by atoms with Crippen LogP contribution in [0.3, 0.4) is 0 Å². The van der Waals surface area contributed by atoms with Crippen LogP contribution in [0.2, 0.25) is 0 Å². The summed E-state index contributed by atoms with van der Waals surface area (Å²) in [6, 6.07) is 8.43. The third kappa shape index (κ3) is 7.86. The maximum absolute atomic E-state index is 11.9. The predicted octanol–water partition coefficient (Wildman–Crippen LogP) is 1.30. The van der Waals surface area contributed by atoms with Crippen molar-refractivity contribution in [1.82, 2.24) is 20.4 Å². The fraction of sp³-hybridized carbons (Fsp3) is 0.619. The van der Waals surface area contributed by atoms with E-state index in [1.165, 1.54) is 11.1 Å². The minimum atomic E-state index is 0.0202. The lowest BCUT2D eigenvalue weighted by molar-refractivity contribution is -0.127. The molecule has 2 N–H and O–H groups in total. The van der Waals surface area contributed by atoms with Gasteiger partial charge in [-0.1, -0.05) is 38.1 Å². The number of nitrogens with one attached hydrogen (secondary N) is 2. The smallest absolute Gasteiger partial charge is 0.241 e. The molecule has 1 aromatic carbocycles. The van der Waals surface area contributed by atoms with E-state index in [-0.39, 0.29) is 12.5 Å². The summed E-state index contributed by atoms with van der Waals surface area (Å²) in [4.78, 5) is 20.6. The van der Waals surface area contributed by atoms with Gasteiger partial charge in [-0.15, -0.1) is 0 Å². The molecule has 0 aliphatic carbocycles. The molecule has 7 heteroatoms. The Labute approximate surface area is 169 Å². The van der Waals surface area contributed by atoms with Crippen LogP contribution in [0.25, 0.3) is 0 Å². The Kier molecular flexibility index (Phi) is 9.23. The molecular formula is C21H35N5O2. The number of aliphatic imine (C=N–C) groups is 1. The summed E-state index contributed by atoms with van der Waals surface area (Å²) in [6.07, 6.45) is 0. The molecule has 0 spiro atoms. The number of ether oxygens (including phenoxy) is 1. The van der Waals surface area contributed by atoms with Crippen LogP contribution in [-0.4, -0.2) is 75.2 Å². The van der Waals surface area contributed by atoms with Crippen molar-refractivity contribution in [3.63, 3.8) is 0 Å². The van der Waals surface area contributed by atoms with Gasteiger partial charge < -0.3 is 20.3 Å². The molecule has 28 heavy (non-hydrogen) atoms. The van der Waals surface area contributed by atoms with Gasteiger partial charge in [0, 0.05) is 40.3 Å². The Morgan fingerprint density at radius 1 is 1.18 bits per heavy atom. The minimum absolute atomic E-state index is 0.0202. The van der Waals surface area contributed by atoms with Gasteiger partial charge in [0.15, 0.2) is 5.96 Å². The van der Waals surface area contributed by atoms with E-state index in [9.17, 15) is 4.79 Å². The molecule has 1 aliphatic rings. The zero-order valence-electron chi connectivity index (χ0n) is 17.7. The number of morpholine rings is 1. The van der Waals surface area contributed by atoms with Crippen LogP contribution in [0.4, 0.5) is 0 Å². The van der Waals surface area contributed by atoms with E-state index in [2.05, 4.69) is 53.6 Å². The summed E-state index contributed by atoms with van der Waals surface area (Å²) in [6.45, 7) is 10.3. The molecule has 1 saturated heterocycles. The molecule has 0 unspecified atom stereocenters. The standard InChI is InChI=1S/C21H35N5O2/c1-17(2)13-22-21(24-15-20(27)25(3)4)23-14-18-7-5-6-8-19(18)16-26-9-11-28-12-10-26/h5-8,17H,9-16H2,1-4H3,(H2,22,23,24). The Morgan fingerprint density at radius 2 is 1.86 bits per heavy atom. The fourth-order valence-electron chi connectivity index (χ4n) is 2.82. The summed E-state index contributed by atoms with van der Waals surface area (Å²) in [5.41, 5.74) is 2.50. The molecule has 0 saturated carbocycles. The van der Waals surface area contributed by atoms with Gasteiger partial charge in [0.25, 0.3) is 0 Å². The molecular weight excluding hydrogens is 354 g/mol. The second-order valence-electron chi connectivity index (χ2n) is 7.74. The molecule has 1 fully saturated rings. The molecule has 1 heterocycles. The van der Waals surface area contributed by atoms with Crippen LogP contribution in [0, 0.1) is 5.92 Å². The van der Waals surface area contributed by atoms with E-state index in [0.29, 0.717) is 18.4 Å². The first-order valence-electron chi connectivity index (χ1n) is 10.0. The van der Waals surface area contributed by atoms with Gasteiger partial charge in [-0.2, -0.15) is 0 Å². The molecule has 1 amide bonds. The van der Waals surface area contributed by atoms with E-state index in [4.69, 9.17) is 9.73 Å². The lowest BCUT2D eigenvalue weighted by atomic mass is 10.1. The number of guanidine groups is 1. The summed E-state index contributed by atoms with van der Waals surface area (Å²) in [7, 11) is 3.51. The van der Waals surface area contributed by atoms with Gasteiger partial charge in [-0.3, -0.25) is 9.69 Å². The molecule has 0 radical (unpaired) electrons. The molecule has 0 atom stereocenters. The molecule has 7 nitrogen and oxygen atoms in total. The maximum atomic E-state index is 11.9. The zero-order valence-corrected chi connectivity index (χ0v) is 17.7. The Balaban J connectivity index is 2.03. The highest BCUT2D eigenvalue weighted by Crippen LogP contribution is 2.14. The van der Waals surface area contributed by atoms with Crippen molar-refractivity contribution in [3.8, 4) is 0 Å². The van der Waals surface area contributed by atoms with Crippen LogP contribution < -0.4 is 10.6 Å². The third-order valence-corrected chi connectivity index (χ3v) is 4.61. The number of nitrogens with zero attached hydrogens (tertiary/aromatic N) is 3. The van der Waals surface area contributed by atoms with Gasteiger partial charge >= 0.3 is 0 Å². The molecule has 0 bridgehead atoms. The minimum Gasteiger partial charge on any atom is -0.379 e. The summed E-state index contributed by atoms with van der Waals surface area (Å²) in [5.74, 6) is 1.18. The fourth-order valence-corrected chi connectivity index (χ4v) is 2.82. The van der Waals surface area contributed by atoms with Gasteiger partial charge in [-0.25, -0.2) is 4.99 Å². The quantitative estimate of drug-likeness (QED) is 0.518.